The fraction of sp³-hybridized carbons (Fsp3) is 0.842. The minimum atomic E-state index is -0.573. The molecule has 4 bridgehead atoms. The molecular formula is C19H28O3. The van der Waals surface area contributed by atoms with Gasteiger partial charge in [-0.2, -0.15) is 0 Å². The van der Waals surface area contributed by atoms with Crippen molar-refractivity contribution in [3.63, 3.8) is 0 Å². The summed E-state index contributed by atoms with van der Waals surface area (Å²) in [6, 6.07) is 0. The molecule has 3 saturated carbocycles. The van der Waals surface area contributed by atoms with E-state index in [4.69, 9.17) is 4.74 Å². The molecule has 0 spiro atoms. The first kappa shape index (κ1) is 14.7. The summed E-state index contributed by atoms with van der Waals surface area (Å²) < 4.78 is 5.92. The Balaban J connectivity index is 1.32. The topological polar surface area (TPSA) is 46.5 Å². The van der Waals surface area contributed by atoms with Gasteiger partial charge in [-0.25, -0.2) is 0 Å². The predicted octanol–water partition coefficient (Wildman–Crippen LogP) is 3.32. The van der Waals surface area contributed by atoms with Gasteiger partial charge in [0.25, 0.3) is 0 Å². The summed E-state index contributed by atoms with van der Waals surface area (Å²) in [5.74, 6) is 3.06. The maximum atomic E-state index is 12.5. The van der Waals surface area contributed by atoms with Gasteiger partial charge < -0.3 is 9.84 Å². The van der Waals surface area contributed by atoms with E-state index in [1.165, 1.54) is 6.42 Å². The van der Waals surface area contributed by atoms with Crippen LogP contribution in [-0.2, 0) is 9.53 Å². The number of hydrogen-bond acceptors (Lipinski definition) is 3. The third-order valence-corrected chi connectivity index (χ3v) is 6.55. The van der Waals surface area contributed by atoms with Gasteiger partial charge in [0.15, 0.2) is 0 Å². The van der Waals surface area contributed by atoms with E-state index in [-0.39, 0.29) is 18.0 Å². The third-order valence-electron chi connectivity index (χ3n) is 6.55. The standard InChI is InChI=1S/C19H28O3/c1-19(2,21)10-15-8-14-7-13(15)9-17(14)22-18(20)16-6-11-3-4-12(16)5-11/h3-4,11-17,21H,5-10H2,1-2H3. The number of ether oxygens (including phenoxy) is 1. The highest BCUT2D eigenvalue weighted by molar-refractivity contribution is 5.74. The van der Waals surface area contributed by atoms with E-state index in [2.05, 4.69) is 12.2 Å². The SMILES string of the molecule is CC(C)(O)CC1CC2CC1CC2OC(=O)C1CC2C=CC1C2. The van der Waals surface area contributed by atoms with Crippen LogP contribution in [0.5, 0.6) is 0 Å². The average molecular weight is 304 g/mol. The van der Waals surface area contributed by atoms with Crippen molar-refractivity contribution in [2.24, 2.45) is 35.5 Å². The lowest BCUT2D eigenvalue weighted by molar-refractivity contribution is -0.158. The lowest BCUT2D eigenvalue weighted by atomic mass is 9.80. The second-order valence-electron chi connectivity index (χ2n) is 8.87. The van der Waals surface area contributed by atoms with E-state index in [1.807, 2.05) is 13.8 Å². The van der Waals surface area contributed by atoms with Crippen LogP contribution in [-0.4, -0.2) is 22.8 Å². The van der Waals surface area contributed by atoms with Gasteiger partial charge in [0.2, 0.25) is 0 Å². The summed E-state index contributed by atoms with van der Waals surface area (Å²) in [7, 11) is 0. The van der Waals surface area contributed by atoms with Gasteiger partial charge in [-0.05, 0) is 82.0 Å². The van der Waals surface area contributed by atoms with E-state index in [0.717, 1.165) is 32.1 Å². The van der Waals surface area contributed by atoms with Crippen LogP contribution in [0.2, 0.25) is 0 Å². The molecule has 22 heavy (non-hydrogen) atoms. The van der Waals surface area contributed by atoms with Crippen molar-refractivity contribution in [3.8, 4) is 0 Å². The molecule has 4 aliphatic rings. The van der Waals surface area contributed by atoms with Gasteiger partial charge in [-0.1, -0.05) is 12.2 Å². The molecule has 0 aliphatic heterocycles. The summed E-state index contributed by atoms with van der Waals surface area (Å²) >= 11 is 0. The Bertz CT molecular complexity index is 489. The van der Waals surface area contributed by atoms with E-state index >= 15 is 0 Å². The molecule has 0 aromatic heterocycles. The minimum absolute atomic E-state index is 0.0634. The Labute approximate surface area is 133 Å². The molecule has 7 unspecified atom stereocenters. The molecule has 3 fully saturated rings. The smallest absolute Gasteiger partial charge is 0.309 e. The summed E-state index contributed by atoms with van der Waals surface area (Å²) in [6.07, 6.45) is 11.0. The van der Waals surface area contributed by atoms with Crippen molar-refractivity contribution in [1.82, 2.24) is 0 Å². The molecule has 0 amide bonds. The summed E-state index contributed by atoms with van der Waals surface area (Å²) in [6.45, 7) is 3.80. The van der Waals surface area contributed by atoms with Crippen molar-refractivity contribution < 1.29 is 14.6 Å². The second-order valence-corrected chi connectivity index (χ2v) is 8.87. The number of carbonyl (C=O) groups excluding carboxylic acids is 1. The van der Waals surface area contributed by atoms with Crippen molar-refractivity contribution in [1.29, 1.82) is 0 Å². The van der Waals surface area contributed by atoms with Crippen molar-refractivity contribution >= 4 is 5.97 Å². The largest absolute Gasteiger partial charge is 0.462 e. The van der Waals surface area contributed by atoms with Crippen molar-refractivity contribution in [3.05, 3.63) is 12.2 Å². The van der Waals surface area contributed by atoms with Crippen LogP contribution in [0.15, 0.2) is 12.2 Å². The molecule has 0 aromatic rings. The monoisotopic (exact) mass is 304 g/mol. The average Bonchev–Trinajstić information content (AvgIpc) is 3.15. The zero-order valence-electron chi connectivity index (χ0n) is 13.7. The highest BCUT2D eigenvalue weighted by Gasteiger charge is 2.49. The minimum Gasteiger partial charge on any atom is -0.462 e. The number of rotatable bonds is 4. The fourth-order valence-electron chi connectivity index (χ4n) is 5.67. The number of allylic oxidation sites excluding steroid dienone is 2. The number of carbonyl (C=O) groups is 1. The van der Waals surface area contributed by atoms with E-state index < -0.39 is 5.60 Å². The molecule has 4 rings (SSSR count). The van der Waals surface area contributed by atoms with Gasteiger partial charge in [0.05, 0.1) is 11.5 Å². The number of fused-ring (bicyclic) bond motifs is 4. The maximum absolute atomic E-state index is 12.5. The number of esters is 1. The van der Waals surface area contributed by atoms with Crippen LogP contribution in [0, 0.1) is 35.5 Å². The first-order valence-corrected chi connectivity index (χ1v) is 9.00. The van der Waals surface area contributed by atoms with Gasteiger partial charge in [0.1, 0.15) is 6.10 Å². The molecular weight excluding hydrogens is 276 g/mol. The summed E-state index contributed by atoms with van der Waals surface area (Å²) in [5, 5.41) is 10.0. The molecule has 0 heterocycles. The molecule has 3 heteroatoms. The normalized spacial score (nSPS) is 45.7. The fourth-order valence-corrected chi connectivity index (χ4v) is 5.67. The van der Waals surface area contributed by atoms with Crippen molar-refractivity contribution in [2.45, 2.75) is 64.1 Å². The Morgan fingerprint density at radius 2 is 1.95 bits per heavy atom. The zero-order valence-corrected chi connectivity index (χ0v) is 13.7. The molecule has 4 aliphatic carbocycles. The second kappa shape index (κ2) is 5.09. The molecule has 122 valence electrons. The molecule has 1 N–H and O–H groups in total. The van der Waals surface area contributed by atoms with Crippen LogP contribution < -0.4 is 0 Å². The van der Waals surface area contributed by atoms with Gasteiger partial charge >= 0.3 is 5.97 Å². The van der Waals surface area contributed by atoms with Crippen LogP contribution in [0.4, 0.5) is 0 Å². The van der Waals surface area contributed by atoms with Crippen LogP contribution >= 0.6 is 0 Å². The Kier molecular flexibility index (Phi) is 3.41. The third kappa shape index (κ3) is 2.62. The quantitative estimate of drug-likeness (QED) is 0.640. The van der Waals surface area contributed by atoms with Crippen LogP contribution in [0.3, 0.4) is 0 Å². The van der Waals surface area contributed by atoms with E-state index in [1.54, 1.807) is 0 Å². The summed E-state index contributed by atoms with van der Waals surface area (Å²) in [4.78, 5) is 12.5. The zero-order chi connectivity index (χ0) is 15.5. The van der Waals surface area contributed by atoms with Gasteiger partial charge in [0, 0.05) is 0 Å². The van der Waals surface area contributed by atoms with E-state index in [9.17, 15) is 9.90 Å². The lowest BCUT2D eigenvalue weighted by Gasteiger charge is -2.32. The maximum Gasteiger partial charge on any atom is 0.309 e. The van der Waals surface area contributed by atoms with Crippen LogP contribution in [0.1, 0.15) is 52.4 Å². The lowest BCUT2D eigenvalue weighted by Crippen LogP contribution is -2.33. The highest BCUT2D eigenvalue weighted by atomic mass is 16.5. The molecule has 7 atom stereocenters. The number of hydrogen-bond donors (Lipinski definition) is 1. The first-order chi connectivity index (χ1) is 10.4. The van der Waals surface area contributed by atoms with E-state index in [0.29, 0.717) is 29.6 Å². The predicted molar refractivity (Wildman–Crippen MR) is 84.0 cm³/mol. The molecule has 0 radical (unpaired) electrons. The Hall–Kier alpha value is -0.830. The van der Waals surface area contributed by atoms with Gasteiger partial charge in [-0.3, -0.25) is 4.79 Å². The Morgan fingerprint density at radius 1 is 1.14 bits per heavy atom. The molecule has 3 nitrogen and oxygen atoms in total. The highest BCUT2D eigenvalue weighted by Crippen LogP contribution is 2.52. The molecule has 0 saturated heterocycles. The molecule has 0 aromatic carbocycles. The van der Waals surface area contributed by atoms with Crippen molar-refractivity contribution in [2.75, 3.05) is 0 Å². The number of aliphatic hydroxyl groups is 1. The first-order valence-electron chi connectivity index (χ1n) is 9.00. The van der Waals surface area contributed by atoms with Gasteiger partial charge in [-0.15, -0.1) is 0 Å². The Morgan fingerprint density at radius 3 is 2.50 bits per heavy atom. The summed E-state index contributed by atoms with van der Waals surface area (Å²) in [5.41, 5.74) is -0.573. The van der Waals surface area contributed by atoms with Crippen LogP contribution in [0.25, 0.3) is 0 Å².